The van der Waals surface area contributed by atoms with Crippen LogP contribution in [0.15, 0.2) is 18.3 Å². The fraction of sp³-hybridized carbons (Fsp3) is 0.500. The van der Waals surface area contributed by atoms with Gasteiger partial charge in [-0.3, -0.25) is 0 Å². The van der Waals surface area contributed by atoms with Gasteiger partial charge in [-0.25, -0.2) is 4.98 Å². The minimum absolute atomic E-state index is 0. The van der Waals surface area contributed by atoms with E-state index in [1.165, 1.54) is 12.8 Å². The van der Waals surface area contributed by atoms with Crippen molar-refractivity contribution in [1.29, 1.82) is 0 Å². The Morgan fingerprint density at radius 1 is 1.38 bits per heavy atom. The standard InChI is InChI=1S/C10H14ClN3.2ClH/c1-12-10(4-5-10)7-14-8-2-3-9(11)13-6-8;;/h2-3,6,12,14H,4-5,7H2,1H3;2*1H. The van der Waals surface area contributed by atoms with Gasteiger partial charge in [0.25, 0.3) is 0 Å². The highest BCUT2D eigenvalue weighted by Gasteiger charge is 2.40. The summed E-state index contributed by atoms with van der Waals surface area (Å²) < 4.78 is 0. The van der Waals surface area contributed by atoms with Gasteiger partial charge in [0, 0.05) is 12.1 Å². The second kappa shape index (κ2) is 6.50. The molecular formula is C10H16Cl3N3. The zero-order valence-electron chi connectivity index (χ0n) is 9.00. The van der Waals surface area contributed by atoms with Crippen molar-refractivity contribution >= 4 is 42.1 Å². The number of hydrogen-bond donors (Lipinski definition) is 2. The molecule has 1 saturated carbocycles. The van der Waals surface area contributed by atoms with Crippen LogP contribution in [0.3, 0.4) is 0 Å². The maximum atomic E-state index is 5.69. The van der Waals surface area contributed by atoms with Crippen LogP contribution in [0.25, 0.3) is 0 Å². The molecule has 0 aliphatic heterocycles. The maximum Gasteiger partial charge on any atom is 0.129 e. The van der Waals surface area contributed by atoms with Crippen molar-refractivity contribution in [1.82, 2.24) is 10.3 Å². The lowest BCUT2D eigenvalue weighted by Crippen LogP contribution is -2.34. The summed E-state index contributed by atoms with van der Waals surface area (Å²) in [6.07, 6.45) is 4.25. The number of aromatic nitrogens is 1. The van der Waals surface area contributed by atoms with Gasteiger partial charge in [0.15, 0.2) is 0 Å². The Balaban J connectivity index is 0.00000112. The molecule has 1 fully saturated rings. The molecule has 2 N–H and O–H groups in total. The van der Waals surface area contributed by atoms with E-state index in [4.69, 9.17) is 11.6 Å². The highest BCUT2D eigenvalue weighted by Crippen LogP contribution is 2.34. The Hall–Kier alpha value is -0.220. The topological polar surface area (TPSA) is 37.0 Å². The van der Waals surface area contributed by atoms with E-state index in [0.29, 0.717) is 10.7 Å². The summed E-state index contributed by atoms with van der Waals surface area (Å²) >= 11 is 5.69. The largest absolute Gasteiger partial charge is 0.382 e. The minimum Gasteiger partial charge on any atom is -0.382 e. The highest BCUT2D eigenvalue weighted by molar-refractivity contribution is 6.29. The van der Waals surface area contributed by atoms with Crippen LogP contribution in [0.2, 0.25) is 5.15 Å². The van der Waals surface area contributed by atoms with Crippen LogP contribution in [0, 0.1) is 0 Å². The lowest BCUT2D eigenvalue weighted by Gasteiger charge is -2.15. The van der Waals surface area contributed by atoms with Gasteiger partial charge in [-0.2, -0.15) is 0 Å². The van der Waals surface area contributed by atoms with Crippen LogP contribution >= 0.6 is 36.4 Å². The average molecular weight is 285 g/mol. The molecule has 1 aromatic rings. The van der Waals surface area contributed by atoms with Gasteiger partial charge in [0.2, 0.25) is 0 Å². The summed E-state index contributed by atoms with van der Waals surface area (Å²) in [5, 5.41) is 7.20. The summed E-state index contributed by atoms with van der Waals surface area (Å²) in [6.45, 7) is 0.951. The van der Waals surface area contributed by atoms with E-state index in [1.807, 2.05) is 13.1 Å². The van der Waals surface area contributed by atoms with E-state index in [9.17, 15) is 0 Å². The molecule has 0 amide bonds. The number of anilines is 1. The smallest absolute Gasteiger partial charge is 0.129 e. The zero-order chi connectivity index (χ0) is 10.0. The maximum absolute atomic E-state index is 5.69. The lowest BCUT2D eigenvalue weighted by atomic mass is 10.2. The van der Waals surface area contributed by atoms with Gasteiger partial charge in [-0.15, -0.1) is 24.8 Å². The third-order valence-electron chi connectivity index (χ3n) is 2.74. The molecule has 0 unspecified atom stereocenters. The number of hydrogen-bond acceptors (Lipinski definition) is 3. The van der Waals surface area contributed by atoms with E-state index >= 15 is 0 Å². The second-order valence-corrected chi connectivity index (χ2v) is 4.14. The van der Waals surface area contributed by atoms with Crippen LogP contribution < -0.4 is 10.6 Å². The van der Waals surface area contributed by atoms with E-state index in [1.54, 1.807) is 12.3 Å². The predicted octanol–water partition coefficient (Wildman–Crippen LogP) is 2.74. The Morgan fingerprint density at radius 2 is 2.06 bits per heavy atom. The molecule has 0 aromatic carbocycles. The van der Waals surface area contributed by atoms with Crippen molar-refractivity contribution in [3.05, 3.63) is 23.5 Å². The van der Waals surface area contributed by atoms with Crippen molar-refractivity contribution in [3.8, 4) is 0 Å². The lowest BCUT2D eigenvalue weighted by molar-refractivity contribution is 0.578. The Morgan fingerprint density at radius 3 is 2.50 bits per heavy atom. The molecule has 1 aliphatic rings. The fourth-order valence-corrected chi connectivity index (χ4v) is 1.53. The molecule has 92 valence electrons. The Kier molecular flexibility index (Phi) is 6.41. The van der Waals surface area contributed by atoms with Crippen molar-refractivity contribution in [2.75, 3.05) is 18.9 Å². The molecule has 0 atom stereocenters. The third kappa shape index (κ3) is 3.98. The summed E-state index contributed by atoms with van der Waals surface area (Å²) in [5.41, 5.74) is 1.34. The molecule has 1 aromatic heterocycles. The molecule has 0 spiro atoms. The van der Waals surface area contributed by atoms with E-state index in [0.717, 1.165) is 12.2 Å². The van der Waals surface area contributed by atoms with Crippen LogP contribution in [-0.2, 0) is 0 Å². The Bertz CT molecular complexity index is 312. The van der Waals surface area contributed by atoms with Crippen molar-refractivity contribution in [3.63, 3.8) is 0 Å². The van der Waals surface area contributed by atoms with Gasteiger partial charge in [0.05, 0.1) is 11.9 Å². The minimum atomic E-state index is 0. The SMILES string of the molecule is CNC1(CNc2ccc(Cl)nc2)CC1.Cl.Cl. The van der Waals surface area contributed by atoms with E-state index < -0.39 is 0 Å². The van der Waals surface area contributed by atoms with E-state index in [2.05, 4.69) is 15.6 Å². The van der Waals surface area contributed by atoms with Crippen molar-refractivity contribution < 1.29 is 0 Å². The number of rotatable bonds is 4. The average Bonchev–Trinajstić information content (AvgIpc) is 2.98. The summed E-state index contributed by atoms with van der Waals surface area (Å²) in [6, 6.07) is 3.74. The van der Waals surface area contributed by atoms with Gasteiger partial charge in [0.1, 0.15) is 5.15 Å². The van der Waals surface area contributed by atoms with Gasteiger partial charge in [-0.1, -0.05) is 11.6 Å². The van der Waals surface area contributed by atoms with Crippen molar-refractivity contribution in [2.45, 2.75) is 18.4 Å². The van der Waals surface area contributed by atoms with Gasteiger partial charge >= 0.3 is 0 Å². The number of likely N-dealkylation sites (N-methyl/N-ethyl adjacent to an activating group) is 1. The molecule has 3 nitrogen and oxygen atoms in total. The van der Waals surface area contributed by atoms with Gasteiger partial charge < -0.3 is 10.6 Å². The quantitative estimate of drug-likeness (QED) is 0.835. The summed E-state index contributed by atoms with van der Waals surface area (Å²) in [5.74, 6) is 0. The Labute approximate surface area is 113 Å². The van der Waals surface area contributed by atoms with Crippen molar-refractivity contribution in [2.24, 2.45) is 0 Å². The molecule has 2 rings (SSSR count). The molecule has 1 aliphatic carbocycles. The van der Waals surface area contributed by atoms with Crippen LogP contribution in [0.1, 0.15) is 12.8 Å². The number of halogens is 3. The molecule has 0 bridgehead atoms. The molecule has 1 heterocycles. The van der Waals surface area contributed by atoms with Crippen LogP contribution in [-0.4, -0.2) is 24.1 Å². The van der Waals surface area contributed by atoms with Crippen LogP contribution in [0.5, 0.6) is 0 Å². The fourth-order valence-electron chi connectivity index (χ4n) is 1.42. The first kappa shape index (κ1) is 15.8. The van der Waals surface area contributed by atoms with Gasteiger partial charge in [-0.05, 0) is 32.0 Å². The summed E-state index contributed by atoms with van der Waals surface area (Å²) in [4.78, 5) is 4.01. The summed E-state index contributed by atoms with van der Waals surface area (Å²) in [7, 11) is 2.01. The molecule has 6 heteroatoms. The first-order valence-electron chi connectivity index (χ1n) is 4.78. The third-order valence-corrected chi connectivity index (χ3v) is 2.97. The molecular weight excluding hydrogens is 268 g/mol. The molecule has 0 saturated heterocycles. The van der Waals surface area contributed by atoms with E-state index in [-0.39, 0.29) is 24.8 Å². The first-order valence-corrected chi connectivity index (χ1v) is 5.16. The molecule has 0 radical (unpaired) electrons. The zero-order valence-corrected chi connectivity index (χ0v) is 11.4. The second-order valence-electron chi connectivity index (χ2n) is 3.75. The first-order chi connectivity index (χ1) is 6.74. The number of pyridine rings is 1. The predicted molar refractivity (Wildman–Crippen MR) is 73.3 cm³/mol. The molecule has 16 heavy (non-hydrogen) atoms. The van der Waals surface area contributed by atoms with Crippen LogP contribution in [0.4, 0.5) is 5.69 Å². The monoisotopic (exact) mass is 283 g/mol. The number of nitrogens with zero attached hydrogens (tertiary/aromatic N) is 1. The normalized spacial score (nSPS) is 15.6. The highest BCUT2D eigenvalue weighted by atomic mass is 35.5. The number of nitrogens with one attached hydrogen (secondary N) is 2.